The summed E-state index contributed by atoms with van der Waals surface area (Å²) < 4.78 is 2.50. The molecule has 49 heavy (non-hydrogen) atoms. The van der Waals surface area contributed by atoms with Gasteiger partial charge >= 0.3 is 0 Å². The van der Waals surface area contributed by atoms with Gasteiger partial charge in [-0.05, 0) is 77.1 Å². The third kappa shape index (κ3) is 4.56. The first-order chi connectivity index (χ1) is 24.3. The van der Waals surface area contributed by atoms with Crippen LogP contribution in [0.3, 0.4) is 0 Å². The average molecular weight is 629 g/mol. The second kappa shape index (κ2) is 11.2. The smallest absolute Gasteiger partial charge is 0.164 e. The van der Waals surface area contributed by atoms with Gasteiger partial charge in [-0.15, -0.1) is 0 Å². The molecular formula is C45H32N4. The molecule has 0 N–H and O–H groups in total. The number of rotatable bonds is 4. The monoisotopic (exact) mass is 628 g/mol. The van der Waals surface area contributed by atoms with Crippen LogP contribution in [-0.2, 0) is 12.8 Å². The van der Waals surface area contributed by atoms with Gasteiger partial charge in [0, 0.05) is 38.9 Å². The quantitative estimate of drug-likeness (QED) is 0.195. The van der Waals surface area contributed by atoms with Crippen molar-refractivity contribution >= 4 is 33.3 Å². The molecule has 0 saturated carbocycles. The van der Waals surface area contributed by atoms with Crippen LogP contribution in [0.15, 0.2) is 140 Å². The number of benzene rings is 5. The first-order valence-electron chi connectivity index (χ1n) is 17.1. The van der Waals surface area contributed by atoms with Crippen LogP contribution in [0.25, 0.3) is 72.9 Å². The molecule has 232 valence electrons. The Labute approximate surface area is 285 Å². The van der Waals surface area contributed by atoms with Crippen LogP contribution < -0.4 is 0 Å². The first-order valence-corrected chi connectivity index (χ1v) is 17.1. The Morgan fingerprint density at radius 2 is 1.49 bits per heavy atom. The molecule has 0 bridgehead atoms. The Hall–Kier alpha value is -6.13. The normalized spacial score (nSPS) is 14.5. The van der Waals surface area contributed by atoms with Gasteiger partial charge in [-0.3, -0.25) is 0 Å². The number of aryl methyl sites for hydroxylation is 1. The number of aromatic nitrogens is 4. The van der Waals surface area contributed by atoms with Gasteiger partial charge in [0.15, 0.2) is 17.5 Å². The Bertz CT molecular complexity index is 2600. The highest BCUT2D eigenvalue weighted by atomic mass is 15.0. The molecule has 0 radical (unpaired) electrons. The predicted molar refractivity (Wildman–Crippen MR) is 202 cm³/mol. The van der Waals surface area contributed by atoms with Crippen molar-refractivity contribution in [3.8, 4) is 39.6 Å². The van der Waals surface area contributed by atoms with Gasteiger partial charge < -0.3 is 4.57 Å². The zero-order valence-electron chi connectivity index (χ0n) is 27.0. The van der Waals surface area contributed by atoms with E-state index in [0.29, 0.717) is 17.5 Å². The molecule has 0 amide bonds. The summed E-state index contributed by atoms with van der Waals surface area (Å²) >= 11 is 0. The average Bonchev–Trinajstić information content (AvgIpc) is 3.57. The zero-order chi connectivity index (χ0) is 32.3. The summed E-state index contributed by atoms with van der Waals surface area (Å²) in [6.07, 6.45) is 19.1. The fourth-order valence-electron chi connectivity index (χ4n) is 7.90. The van der Waals surface area contributed by atoms with E-state index in [1.165, 1.54) is 60.9 Å². The third-order valence-corrected chi connectivity index (χ3v) is 10.1. The lowest BCUT2D eigenvalue weighted by atomic mass is 9.98. The molecule has 5 aromatic carbocycles. The second-order valence-corrected chi connectivity index (χ2v) is 13.0. The van der Waals surface area contributed by atoms with Crippen molar-refractivity contribution in [1.82, 2.24) is 19.5 Å². The molecule has 3 aliphatic carbocycles. The third-order valence-electron chi connectivity index (χ3n) is 10.1. The van der Waals surface area contributed by atoms with Gasteiger partial charge in [0.25, 0.3) is 0 Å². The molecular weight excluding hydrogens is 597 g/mol. The Morgan fingerprint density at radius 1 is 0.612 bits per heavy atom. The number of hydrogen-bond donors (Lipinski definition) is 0. The molecule has 4 heteroatoms. The topological polar surface area (TPSA) is 43.6 Å². The van der Waals surface area contributed by atoms with Gasteiger partial charge in [-0.1, -0.05) is 127 Å². The van der Waals surface area contributed by atoms with Gasteiger partial charge in [-0.25, -0.2) is 15.0 Å². The maximum Gasteiger partial charge on any atom is 0.164 e. The minimum atomic E-state index is 0.679. The van der Waals surface area contributed by atoms with E-state index in [-0.39, 0.29) is 0 Å². The molecule has 0 aliphatic heterocycles. The van der Waals surface area contributed by atoms with E-state index in [1.807, 2.05) is 18.2 Å². The largest absolute Gasteiger partial charge is 0.309 e. The Morgan fingerprint density at radius 3 is 2.45 bits per heavy atom. The van der Waals surface area contributed by atoms with Crippen LogP contribution >= 0.6 is 0 Å². The second-order valence-electron chi connectivity index (χ2n) is 13.0. The molecule has 0 spiro atoms. The van der Waals surface area contributed by atoms with Crippen LogP contribution in [0, 0.1) is 0 Å². The van der Waals surface area contributed by atoms with Gasteiger partial charge in [0.1, 0.15) is 0 Å². The summed E-state index contributed by atoms with van der Waals surface area (Å²) in [6, 6.07) is 37.2. The highest BCUT2D eigenvalue weighted by Gasteiger charge is 2.26. The van der Waals surface area contributed by atoms with Crippen molar-refractivity contribution in [3.63, 3.8) is 0 Å². The standard InChI is InChI=1S/C45H32N4/c1-2-5-15-30(14-4-1)43-46-44(31-16-6-3-7-17-31)48-45(47-43)39-21-12-18-32-27-33-28-34(24-26-35(33)41(32)39)49-40-22-11-10-20-37(40)38-25-23-29-13-8-9-19-36(29)42(38)49/h1,3-9,11-19,21-26,28H,2,10,20,27H2. The highest BCUT2D eigenvalue weighted by molar-refractivity contribution is 6.09. The molecule has 0 unspecified atom stereocenters. The molecule has 0 fully saturated rings. The van der Waals surface area contributed by atoms with Crippen LogP contribution in [-0.4, -0.2) is 19.5 Å². The van der Waals surface area contributed by atoms with E-state index in [1.54, 1.807) is 0 Å². The fraction of sp³-hybridized carbons (Fsp3) is 0.0889. The summed E-state index contributed by atoms with van der Waals surface area (Å²) in [4.78, 5) is 15.2. The van der Waals surface area contributed by atoms with Crippen LogP contribution in [0.4, 0.5) is 0 Å². The Kier molecular flexibility index (Phi) is 6.41. The van der Waals surface area contributed by atoms with E-state index in [2.05, 4.69) is 132 Å². The highest BCUT2D eigenvalue weighted by Crippen LogP contribution is 2.45. The van der Waals surface area contributed by atoms with Gasteiger partial charge in [0.2, 0.25) is 0 Å². The van der Waals surface area contributed by atoms with E-state index in [4.69, 9.17) is 15.0 Å². The molecule has 10 rings (SSSR count). The number of hydrogen-bond acceptors (Lipinski definition) is 3. The van der Waals surface area contributed by atoms with Crippen LogP contribution in [0.2, 0.25) is 0 Å². The molecule has 2 heterocycles. The van der Waals surface area contributed by atoms with Gasteiger partial charge in [0.05, 0.1) is 5.52 Å². The number of allylic oxidation sites excluding steroid dienone is 7. The molecule has 0 saturated heterocycles. The maximum absolute atomic E-state index is 5.13. The lowest BCUT2D eigenvalue weighted by Crippen LogP contribution is -2.03. The fourth-order valence-corrected chi connectivity index (χ4v) is 7.90. The van der Waals surface area contributed by atoms with E-state index in [0.717, 1.165) is 42.4 Å². The first kappa shape index (κ1) is 27.9. The van der Waals surface area contributed by atoms with E-state index in [9.17, 15) is 0 Å². The molecule has 0 atom stereocenters. The zero-order valence-corrected chi connectivity index (χ0v) is 27.0. The minimum Gasteiger partial charge on any atom is -0.309 e. The lowest BCUT2D eigenvalue weighted by Gasteiger charge is -2.15. The van der Waals surface area contributed by atoms with Crippen molar-refractivity contribution in [1.29, 1.82) is 0 Å². The number of fused-ring (bicyclic) bond motifs is 8. The summed E-state index contributed by atoms with van der Waals surface area (Å²) in [5, 5.41) is 3.92. The van der Waals surface area contributed by atoms with Crippen molar-refractivity contribution in [2.75, 3.05) is 0 Å². The summed E-state index contributed by atoms with van der Waals surface area (Å²) in [6.45, 7) is 0. The number of nitrogens with zero attached hydrogens (tertiary/aromatic N) is 4. The van der Waals surface area contributed by atoms with Gasteiger partial charge in [-0.2, -0.15) is 0 Å². The lowest BCUT2D eigenvalue weighted by molar-refractivity contribution is 0.967. The van der Waals surface area contributed by atoms with E-state index >= 15 is 0 Å². The molecule has 3 aliphatic rings. The summed E-state index contributed by atoms with van der Waals surface area (Å²) in [7, 11) is 0. The van der Waals surface area contributed by atoms with Crippen molar-refractivity contribution in [3.05, 3.63) is 168 Å². The van der Waals surface area contributed by atoms with Crippen molar-refractivity contribution in [2.24, 2.45) is 0 Å². The molecule has 4 nitrogen and oxygen atoms in total. The predicted octanol–water partition coefficient (Wildman–Crippen LogP) is 10.7. The summed E-state index contributed by atoms with van der Waals surface area (Å²) in [5.74, 6) is 2.06. The van der Waals surface area contributed by atoms with Crippen molar-refractivity contribution < 1.29 is 0 Å². The maximum atomic E-state index is 5.13. The molecule has 2 aromatic heterocycles. The SMILES string of the molecule is C1=CCC=CC(c2nc(-c3ccccc3)nc(-c3cccc4c3-c3ccc(-n5c6c(c7ccc8ccccc8c75)CCC=C6)cc3C4)n2)=C1. The van der Waals surface area contributed by atoms with Crippen LogP contribution in [0.5, 0.6) is 0 Å². The van der Waals surface area contributed by atoms with E-state index < -0.39 is 0 Å². The van der Waals surface area contributed by atoms with Crippen LogP contribution in [0.1, 0.15) is 41.1 Å². The molecule has 7 aromatic rings. The van der Waals surface area contributed by atoms with Crippen molar-refractivity contribution in [2.45, 2.75) is 25.7 Å². The minimum absolute atomic E-state index is 0.679. The Balaban J connectivity index is 1.15. The summed E-state index contributed by atoms with van der Waals surface area (Å²) in [5.41, 5.74) is 13.3.